The highest BCUT2D eigenvalue weighted by atomic mass is 32.2. The molecule has 2 rings (SSSR count). The van der Waals surface area contributed by atoms with Crippen LogP contribution in [0.25, 0.3) is 0 Å². The Morgan fingerprint density at radius 2 is 1.39 bits per heavy atom. The molecule has 0 atom stereocenters. The van der Waals surface area contributed by atoms with Gasteiger partial charge >= 0.3 is 0 Å². The van der Waals surface area contributed by atoms with E-state index < -0.39 is 11.6 Å². The molecule has 3 nitrogen and oxygen atoms in total. The van der Waals surface area contributed by atoms with Crippen LogP contribution < -0.4 is 0 Å². The first kappa shape index (κ1) is 12.5. The number of pyridine rings is 1. The standard InChI is InChI=1S/C14H11NO2S/c1-18-12-4-2-10(3-5-12)13(16)14(17)11-6-8-15-9-7-11/h2-9H,1H3. The van der Waals surface area contributed by atoms with Crippen LogP contribution in [0.3, 0.4) is 0 Å². The summed E-state index contributed by atoms with van der Waals surface area (Å²) in [4.78, 5) is 28.8. The van der Waals surface area contributed by atoms with E-state index in [0.29, 0.717) is 11.1 Å². The average molecular weight is 257 g/mol. The van der Waals surface area contributed by atoms with E-state index in [1.165, 1.54) is 24.5 Å². The van der Waals surface area contributed by atoms with Crippen molar-refractivity contribution in [3.8, 4) is 0 Å². The monoisotopic (exact) mass is 257 g/mol. The first-order valence-electron chi connectivity index (χ1n) is 5.35. The maximum absolute atomic E-state index is 12.0. The number of Topliss-reactive ketones (excluding diaryl/α,β-unsaturated/α-hetero) is 2. The van der Waals surface area contributed by atoms with Gasteiger partial charge in [0, 0.05) is 28.4 Å². The van der Waals surface area contributed by atoms with Crippen molar-refractivity contribution in [2.75, 3.05) is 6.26 Å². The molecule has 2 aromatic rings. The molecular weight excluding hydrogens is 246 g/mol. The minimum atomic E-state index is -0.505. The molecule has 1 heterocycles. The van der Waals surface area contributed by atoms with Crippen molar-refractivity contribution in [3.63, 3.8) is 0 Å². The molecule has 1 aromatic heterocycles. The second kappa shape index (κ2) is 5.60. The Labute approximate surface area is 109 Å². The van der Waals surface area contributed by atoms with Crippen LogP contribution in [0.4, 0.5) is 0 Å². The Kier molecular flexibility index (Phi) is 3.89. The molecule has 0 aliphatic heterocycles. The van der Waals surface area contributed by atoms with E-state index in [4.69, 9.17) is 0 Å². The van der Waals surface area contributed by atoms with E-state index in [-0.39, 0.29) is 0 Å². The highest BCUT2D eigenvalue weighted by molar-refractivity contribution is 7.98. The predicted octanol–water partition coefficient (Wildman–Crippen LogP) is 2.87. The van der Waals surface area contributed by atoms with Gasteiger partial charge in [-0.2, -0.15) is 0 Å². The average Bonchev–Trinajstić information content (AvgIpc) is 2.47. The van der Waals surface area contributed by atoms with Crippen LogP contribution in [0.2, 0.25) is 0 Å². The zero-order valence-electron chi connectivity index (χ0n) is 9.79. The second-order valence-electron chi connectivity index (χ2n) is 3.62. The van der Waals surface area contributed by atoms with Crippen molar-refractivity contribution in [2.45, 2.75) is 4.90 Å². The molecule has 0 fully saturated rings. The van der Waals surface area contributed by atoms with Crippen LogP contribution in [-0.4, -0.2) is 22.8 Å². The van der Waals surface area contributed by atoms with Crippen molar-refractivity contribution < 1.29 is 9.59 Å². The van der Waals surface area contributed by atoms with Gasteiger partial charge in [-0.15, -0.1) is 11.8 Å². The lowest BCUT2D eigenvalue weighted by Gasteiger charge is -2.01. The summed E-state index contributed by atoms with van der Waals surface area (Å²) in [6.07, 6.45) is 4.95. The quantitative estimate of drug-likeness (QED) is 0.480. The molecule has 0 aliphatic carbocycles. The summed E-state index contributed by atoms with van der Waals surface area (Å²) in [6.45, 7) is 0. The third-order valence-electron chi connectivity index (χ3n) is 2.50. The number of rotatable bonds is 4. The highest BCUT2D eigenvalue weighted by Gasteiger charge is 2.17. The van der Waals surface area contributed by atoms with E-state index in [0.717, 1.165) is 4.90 Å². The smallest absolute Gasteiger partial charge is 0.233 e. The number of carbonyl (C=O) groups excluding carboxylic acids is 2. The summed E-state index contributed by atoms with van der Waals surface area (Å²) in [5.74, 6) is -0.997. The van der Waals surface area contributed by atoms with E-state index in [1.807, 2.05) is 18.4 Å². The number of aromatic nitrogens is 1. The first-order chi connectivity index (χ1) is 8.72. The largest absolute Gasteiger partial charge is 0.285 e. The molecule has 18 heavy (non-hydrogen) atoms. The van der Waals surface area contributed by atoms with Crippen molar-refractivity contribution in [3.05, 3.63) is 59.9 Å². The maximum Gasteiger partial charge on any atom is 0.233 e. The molecule has 90 valence electrons. The van der Waals surface area contributed by atoms with E-state index >= 15 is 0 Å². The molecular formula is C14H11NO2S. The minimum Gasteiger partial charge on any atom is -0.285 e. The summed E-state index contributed by atoms with van der Waals surface area (Å²) in [5, 5.41) is 0. The Hall–Kier alpha value is -1.94. The second-order valence-corrected chi connectivity index (χ2v) is 4.50. The minimum absolute atomic E-state index is 0.365. The molecule has 0 saturated carbocycles. The van der Waals surface area contributed by atoms with Gasteiger partial charge < -0.3 is 0 Å². The molecule has 0 amide bonds. The fourth-order valence-electron chi connectivity index (χ4n) is 1.51. The Bertz CT molecular complexity index is 564. The van der Waals surface area contributed by atoms with E-state index in [2.05, 4.69) is 4.98 Å². The van der Waals surface area contributed by atoms with Gasteiger partial charge in [-0.3, -0.25) is 14.6 Å². The fraction of sp³-hybridized carbons (Fsp3) is 0.0714. The number of carbonyl (C=O) groups is 2. The lowest BCUT2D eigenvalue weighted by atomic mass is 10.0. The molecule has 4 heteroatoms. The van der Waals surface area contributed by atoms with Crippen molar-refractivity contribution >= 4 is 23.3 Å². The maximum atomic E-state index is 12.0. The van der Waals surface area contributed by atoms with Gasteiger partial charge in [0.2, 0.25) is 11.6 Å². The predicted molar refractivity (Wildman–Crippen MR) is 71.1 cm³/mol. The molecule has 0 unspecified atom stereocenters. The number of hydrogen-bond acceptors (Lipinski definition) is 4. The summed E-state index contributed by atoms with van der Waals surface area (Å²) in [7, 11) is 0. The van der Waals surface area contributed by atoms with Crippen LogP contribution in [0, 0.1) is 0 Å². The molecule has 0 saturated heterocycles. The fourth-order valence-corrected chi connectivity index (χ4v) is 1.92. The van der Waals surface area contributed by atoms with Crippen LogP contribution in [-0.2, 0) is 0 Å². The van der Waals surface area contributed by atoms with Gasteiger partial charge in [-0.25, -0.2) is 0 Å². The first-order valence-corrected chi connectivity index (χ1v) is 6.58. The Morgan fingerprint density at radius 1 is 0.889 bits per heavy atom. The molecule has 0 radical (unpaired) electrons. The topological polar surface area (TPSA) is 47.0 Å². The Morgan fingerprint density at radius 3 is 1.89 bits per heavy atom. The van der Waals surface area contributed by atoms with Gasteiger partial charge in [0.1, 0.15) is 0 Å². The summed E-state index contributed by atoms with van der Waals surface area (Å²) >= 11 is 1.59. The van der Waals surface area contributed by atoms with E-state index in [1.54, 1.807) is 23.9 Å². The molecule has 0 N–H and O–H groups in total. The zero-order chi connectivity index (χ0) is 13.0. The lowest BCUT2D eigenvalue weighted by Crippen LogP contribution is -2.14. The SMILES string of the molecule is CSc1ccc(C(=O)C(=O)c2ccncc2)cc1. The van der Waals surface area contributed by atoms with Gasteiger partial charge in [0.25, 0.3) is 0 Å². The number of benzene rings is 1. The van der Waals surface area contributed by atoms with Crippen molar-refractivity contribution in [1.29, 1.82) is 0 Å². The third-order valence-corrected chi connectivity index (χ3v) is 3.24. The summed E-state index contributed by atoms with van der Waals surface area (Å²) < 4.78 is 0. The number of thioether (sulfide) groups is 1. The van der Waals surface area contributed by atoms with E-state index in [9.17, 15) is 9.59 Å². The highest BCUT2D eigenvalue weighted by Crippen LogP contribution is 2.16. The summed E-state index contributed by atoms with van der Waals surface area (Å²) in [5.41, 5.74) is 0.776. The van der Waals surface area contributed by atoms with Crippen LogP contribution in [0.15, 0.2) is 53.7 Å². The van der Waals surface area contributed by atoms with Gasteiger partial charge in [0.15, 0.2) is 0 Å². The normalized spacial score (nSPS) is 10.1. The van der Waals surface area contributed by atoms with Crippen LogP contribution >= 0.6 is 11.8 Å². The molecule has 0 bridgehead atoms. The zero-order valence-corrected chi connectivity index (χ0v) is 10.6. The number of hydrogen-bond donors (Lipinski definition) is 0. The van der Waals surface area contributed by atoms with Crippen molar-refractivity contribution in [2.24, 2.45) is 0 Å². The summed E-state index contributed by atoms with van der Waals surface area (Å²) in [6, 6.07) is 10.1. The van der Waals surface area contributed by atoms with Crippen molar-refractivity contribution in [1.82, 2.24) is 4.98 Å². The van der Waals surface area contributed by atoms with Gasteiger partial charge in [0.05, 0.1) is 0 Å². The van der Waals surface area contributed by atoms with Crippen LogP contribution in [0.5, 0.6) is 0 Å². The number of nitrogens with zero attached hydrogens (tertiary/aromatic N) is 1. The lowest BCUT2D eigenvalue weighted by molar-refractivity contribution is 0.0817. The van der Waals surface area contributed by atoms with Crippen LogP contribution in [0.1, 0.15) is 20.7 Å². The third kappa shape index (κ3) is 2.65. The number of ketones is 2. The van der Waals surface area contributed by atoms with Gasteiger partial charge in [-0.1, -0.05) is 0 Å². The molecule has 0 spiro atoms. The van der Waals surface area contributed by atoms with Gasteiger partial charge in [-0.05, 0) is 42.7 Å². The Balaban J connectivity index is 2.23. The molecule has 0 aliphatic rings. The molecule has 1 aromatic carbocycles.